The highest BCUT2D eigenvalue weighted by Gasteiger charge is 2.27. The van der Waals surface area contributed by atoms with Gasteiger partial charge in [-0.2, -0.15) is 5.10 Å². The third-order valence-electron chi connectivity index (χ3n) is 4.26. The van der Waals surface area contributed by atoms with E-state index in [1.54, 1.807) is 6.20 Å². The van der Waals surface area contributed by atoms with Crippen LogP contribution in [0.2, 0.25) is 0 Å². The number of nitrogens with zero attached hydrogens (tertiary/aromatic N) is 4. The lowest BCUT2D eigenvalue weighted by Gasteiger charge is -2.01. The van der Waals surface area contributed by atoms with Gasteiger partial charge in [0.25, 0.3) is 5.56 Å². The van der Waals surface area contributed by atoms with Crippen molar-refractivity contribution in [3.8, 4) is 0 Å². The molecule has 1 aromatic carbocycles. The third kappa shape index (κ3) is 2.62. The largest absolute Gasteiger partial charge is 0.440 e. The van der Waals surface area contributed by atoms with Crippen LogP contribution in [0.3, 0.4) is 0 Å². The molecule has 1 aliphatic carbocycles. The monoisotopic (exact) mass is 353 g/mol. The zero-order valence-electron chi connectivity index (χ0n) is 13.5. The van der Waals surface area contributed by atoms with Gasteiger partial charge in [0.1, 0.15) is 10.9 Å². The van der Waals surface area contributed by atoms with E-state index in [1.165, 1.54) is 11.8 Å². The van der Waals surface area contributed by atoms with E-state index < -0.39 is 0 Å². The van der Waals surface area contributed by atoms with E-state index >= 15 is 0 Å². The zero-order chi connectivity index (χ0) is 17.0. The molecule has 1 N–H and O–H groups in total. The molecular formula is C17H15N5O2S. The quantitative estimate of drug-likeness (QED) is 0.448. The summed E-state index contributed by atoms with van der Waals surface area (Å²) in [6.45, 7) is 2.02. The van der Waals surface area contributed by atoms with Crippen molar-refractivity contribution in [1.29, 1.82) is 0 Å². The van der Waals surface area contributed by atoms with Crippen molar-refractivity contribution < 1.29 is 4.42 Å². The van der Waals surface area contributed by atoms with E-state index in [2.05, 4.69) is 20.1 Å². The van der Waals surface area contributed by atoms with Crippen molar-refractivity contribution in [2.45, 2.75) is 36.7 Å². The van der Waals surface area contributed by atoms with Gasteiger partial charge in [-0.15, -0.1) is 0 Å². The van der Waals surface area contributed by atoms with Gasteiger partial charge in [0.05, 0.1) is 18.0 Å². The Labute approximate surface area is 146 Å². The number of aromatic amines is 1. The first kappa shape index (κ1) is 14.7. The maximum absolute atomic E-state index is 12.2. The van der Waals surface area contributed by atoms with Crippen LogP contribution < -0.4 is 5.56 Å². The Balaban J connectivity index is 1.44. The lowest BCUT2D eigenvalue weighted by molar-refractivity contribution is 0.555. The van der Waals surface area contributed by atoms with Gasteiger partial charge in [0.2, 0.25) is 5.89 Å². The maximum atomic E-state index is 12.2. The zero-order valence-corrected chi connectivity index (χ0v) is 14.3. The van der Waals surface area contributed by atoms with Crippen molar-refractivity contribution >= 4 is 33.9 Å². The van der Waals surface area contributed by atoms with Crippen molar-refractivity contribution in [2.24, 2.45) is 0 Å². The van der Waals surface area contributed by atoms with E-state index in [0.29, 0.717) is 33.9 Å². The molecule has 0 radical (unpaired) electrons. The number of rotatable bonds is 4. The second kappa shape index (κ2) is 5.45. The fourth-order valence-electron chi connectivity index (χ4n) is 2.84. The fourth-order valence-corrected chi connectivity index (χ4v) is 3.54. The summed E-state index contributed by atoms with van der Waals surface area (Å²) in [4.78, 5) is 24.1. The smallest absolute Gasteiger partial charge is 0.262 e. The predicted molar refractivity (Wildman–Crippen MR) is 94.7 cm³/mol. The molecule has 8 heteroatoms. The Morgan fingerprint density at radius 1 is 1.36 bits per heavy atom. The average molecular weight is 353 g/mol. The highest BCUT2D eigenvalue weighted by molar-refractivity contribution is 7.98. The average Bonchev–Trinajstić information content (AvgIpc) is 3.21. The molecule has 0 amide bonds. The number of hydrogen-bond donors (Lipinski definition) is 1. The number of fused-ring (bicyclic) bond motifs is 2. The van der Waals surface area contributed by atoms with Gasteiger partial charge in [-0.3, -0.25) is 4.79 Å². The number of H-pyrrole nitrogens is 1. The topological polar surface area (TPSA) is 89.6 Å². The van der Waals surface area contributed by atoms with Crippen LogP contribution in [-0.2, 0) is 5.75 Å². The molecule has 25 heavy (non-hydrogen) atoms. The van der Waals surface area contributed by atoms with Crippen LogP contribution >= 0.6 is 11.8 Å². The summed E-state index contributed by atoms with van der Waals surface area (Å²) >= 11 is 1.40. The van der Waals surface area contributed by atoms with Crippen LogP contribution in [-0.4, -0.2) is 24.7 Å². The molecule has 4 aromatic rings. The lowest BCUT2D eigenvalue weighted by atomic mass is 10.2. The Morgan fingerprint density at radius 2 is 2.24 bits per heavy atom. The summed E-state index contributed by atoms with van der Waals surface area (Å²) in [7, 11) is 0. The fraction of sp³-hybridized carbons (Fsp3) is 0.294. The molecular weight excluding hydrogens is 338 g/mol. The first-order valence-corrected chi connectivity index (χ1v) is 9.12. The Bertz CT molecular complexity index is 1150. The van der Waals surface area contributed by atoms with Crippen molar-refractivity contribution in [3.63, 3.8) is 0 Å². The molecule has 0 atom stereocenters. The summed E-state index contributed by atoms with van der Waals surface area (Å²) in [6, 6.07) is 6.30. The highest BCUT2D eigenvalue weighted by Crippen LogP contribution is 2.36. The molecule has 1 fully saturated rings. The molecule has 3 heterocycles. The Morgan fingerprint density at radius 3 is 3.08 bits per heavy atom. The minimum atomic E-state index is -0.160. The van der Waals surface area contributed by atoms with Gasteiger partial charge in [-0.1, -0.05) is 17.8 Å². The van der Waals surface area contributed by atoms with Crippen LogP contribution in [0, 0.1) is 6.92 Å². The highest BCUT2D eigenvalue weighted by atomic mass is 32.2. The van der Waals surface area contributed by atoms with Crippen molar-refractivity contribution in [3.05, 3.63) is 46.2 Å². The van der Waals surface area contributed by atoms with E-state index in [1.807, 2.05) is 29.8 Å². The van der Waals surface area contributed by atoms with E-state index in [9.17, 15) is 4.79 Å². The predicted octanol–water partition coefficient (Wildman–Crippen LogP) is 3.20. The van der Waals surface area contributed by atoms with Crippen LogP contribution in [0.1, 0.15) is 30.3 Å². The van der Waals surface area contributed by atoms with Crippen LogP contribution in [0.5, 0.6) is 0 Å². The van der Waals surface area contributed by atoms with Gasteiger partial charge in [0.15, 0.2) is 16.4 Å². The summed E-state index contributed by atoms with van der Waals surface area (Å²) < 4.78 is 7.63. The summed E-state index contributed by atoms with van der Waals surface area (Å²) in [6.07, 6.45) is 3.78. The summed E-state index contributed by atoms with van der Waals surface area (Å²) in [5, 5.41) is 5.40. The first-order valence-electron chi connectivity index (χ1n) is 8.14. The third-order valence-corrected chi connectivity index (χ3v) is 5.11. The van der Waals surface area contributed by atoms with Gasteiger partial charge >= 0.3 is 0 Å². The standard InChI is InChI=1S/C17H15N5O2S/c1-9-2-5-12-13(6-9)24-14(19-12)8-25-17-20-15-11(16(23)21-17)7-18-22(15)10-3-4-10/h2,5-7,10H,3-4,8H2,1H3,(H,20,21,23). The molecule has 0 saturated heterocycles. The van der Waals surface area contributed by atoms with Crippen LogP contribution in [0.15, 0.2) is 38.8 Å². The number of hydrogen-bond acceptors (Lipinski definition) is 6. The maximum Gasteiger partial charge on any atom is 0.262 e. The van der Waals surface area contributed by atoms with Gasteiger partial charge < -0.3 is 9.40 Å². The number of aromatic nitrogens is 5. The van der Waals surface area contributed by atoms with E-state index in [0.717, 1.165) is 29.5 Å². The summed E-state index contributed by atoms with van der Waals surface area (Å²) in [5.41, 5.74) is 3.24. The number of aryl methyl sites for hydroxylation is 1. The molecule has 0 bridgehead atoms. The van der Waals surface area contributed by atoms with Gasteiger partial charge in [-0.25, -0.2) is 14.6 Å². The minimum Gasteiger partial charge on any atom is -0.440 e. The molecule has 0 aliphatic heterocycles. The molecule has 7 nitrogen and oxygen atoms in total. The summed E-state index contributed by atoms with van der Waals surface area (Å²) in [5.74, 6) is 1.11. The van der Waals surface area contributed by atoms with Gasteiger partial charge in [0, 0.05) is 0 Å². The van der Waals surface area contributed by atoms with E-state index in [4.69, 9.17) is 4.42 Å². The minimum absolute atomic E-state index is 0.160. The van der Waals surface area contributed by atoms with Crippen LogP contribution in [0.4, 0.5) is 0 Å². The molecule has 0 spiro atoms. The van der Waals surface area contributed by atoms with Crippen molar-refractivity contribution in [2.75, 3.05) is 0 Å². The number of benzene rings is 1. The number of nitrogens with one attached hydrogen (secondary N) is 1. The molecule has 0 unspecified atom stereocenters. The van der Waals surface area contributed by atoms with Crippen molar-refractivity contribution in [1.82, 2.24) is 24.7 Å². The molecule has 5 rings (SSSR count). The second-order valence-corrected chi connectivity index (χ2v) is 7.26. The number of oxazole rings is 1. The SMILES string of the molecule is Cc1ccc2nc(CSc3nc4c(cnn4C4CC4)c(=O)[nH]3)oc2c1. The lowest BCUT2D eigenvalue weighted by Crippen LogP contribution is -2.10. The van der Waals surface area contributed by atoms with E-state index in [-0.39, 0.29) is 5.56 Å². The Kier molecular flexibility index (Phi) is 3.21. The Hall–Kier alpha value is -2.61. The molecule has 1 aliphatic rings. The molecule has 3 aromatic heterocycles. The first-order chi connectivity index (χ1) is 12.2. The van der Waals surface area contributed by atoms with Gasteiger partial charge in [-0.05, 0) is 37.5 Å². The second-order valence-electron chi connectivity index (χ2n) is 6.30. The molecule has 1 saturated carbocycles. The molecule has 126 valence electrons. The van der Waals surface area contributed by atoms with Crippen LogP contribution in [0.25, 0.3) is 22.1 Å². The number of thioether (sulfide) groups is 1. The normalized spacial score (nSPS) is 14.6.